The van der Waals surface area contributed by atoms with Crippen LogP contribution in [0.15, 0.2) is 30.3 Å². The molecule has 2 heteroatoms. The second-order valence-corrected chi connectivity index (χ2v) is 6.08. The first-order valence-electron chi connectivity index (χ1n) is 7.83. The molecule has 0 saturated heterocycles. The fourth-order valence-electron chi connectivity index (χ4n) is 3.36. The maximum atomic E-state index is 5.72. The van der Waals surface area contributed by atoms with Gasteiger partial charge < -0.3 is 10.1 Å². The summed E-state index contributed by atoms with van der Waals surface area (Å²) in [7, 11) is 0. The fourth-order valence-corrected chi connectivity index (χ4v) is 3.36. The van der Waals surface area contributed by atoms with Gasteiger partial charge in [-0.1, -0.05) is 31.0 Å². The highest BCUT2D eigenvalue weighted by Crippen LogP contribution is 2.43. The van der Waals surface area contributed by atoms with E-state index in [1.165, 1.54) is 38.5 Å². The largest absolute Gasteiger partial charge is 0.492 e. The van der Waals surface area contributed by atoms with Crippen LogP contribution < -0.4 is 10.1 Å². The Hall–Kier alpha value is -1.02. The van der Waals surface area contributed by atoms with Gasteiger partial charge in [-0.3, -0.25) is 0 Å². The van der Waals surface area contributed by atoms with Crippen LogP contribution in [0.3, 0.4) is 0 Å². The maximum Gasteiger partial charge on any atom is 0.119 e. The van der Waals surface area contributed by atoms with Gasteiger partial charge in [-0.15, -0.1) is 0 Å². The van der Waals surface area contributed by atoms with E-state index in [1.54, 1.807) is 0 Å². The van der Waals surface area contributed by atoms with Crippen molar-refractivity contribution in [3.8, 4) is 5.75 Å². The van der Waals surface area contributed by atoms with Crippen molar-refractivity contribution in [1.82, 2.24) is 5.32 Å². The molecule has 2 atom stereocenters. The number of rotatable bonds is 6. The van der Waals surface area contributed by atoms with E-state index in [-0.39, 0.29) is 0 Å². The molecular formula is C17H25NO. The van der Waals surface area contributed by atoms with E-state index in [4.69, 9.17) is 4.74 Å². The SMILES string of the molecule is c1ccc(OCCNC2CCCC(C3CC3)C2)cc1. The lowest BCUT2D eigenvalue weighted by Gasteiger charge is -2.30. The molecule has 2 fully saturated rings. The Morgan fingerprint density at radius 1 is 1.00 bits per heavy atom. The van der Waals surface area contributed by atoms with Gasteiger partial charge >= 0.3 is 0 Å². The number of hydrogen-bond acceptors (Lipinski definition) is 2. The third-order valence-corrected chi connectivity index (χ3v) is 4.55. The first-order valence-corrected chi connectivity index (χ1v) is 7.83. The van der Waals surface area contributed by atoms with Gasteiger partial charge in [0.2, 0.25) is 0 Å². The van der Waals surface area contributed by atoms with Gasteiger partial charge in [-0.2, -0.15) is 0 Å². The highest BCUT2D eigenvalue weighted by molar-refractivity contribution is 5.20. The van der Waals surface area contributed by atoms with E-state index in [0.29, 0.717) is 0 Å². The Morgan fingerprint density at radius 2 is 1.84 bits per heavy atom. The van der Waals surface area contributed by atoms with Crippen LogP contribution in [0.25, 0.3) is 0 Å². The van der Waals surface area contributed by atoms with E-state index in [1.807, 2.05) is 30.3 Å². The van der Waals surface area contributed by atoms with Crippen LogP contribution in [0.5, 0.6) is 5.75 Å². The van der Waals surface area contributed by atoms with E-state index in [2.05, 4.69) is 5.32 Å². The third kappa shape index (κ3) is 3.97. The molecule has 104 valence electrons. The summed E-state index contributed by atoms with van der Waals surface area (Å²) >= 11 is 0. The summed E-state index contributed by atoms with van der Waals surface area (Å²) in [5.74, 6) is 3.07. The van der Waals surface area contributed by atoms with Crippen molar-refractivity contribution in [2.75, 3.05) is 13.2 Å². The minimum Gasteiger partial charge on any atom is -0.492 e. The van der Waals surface area contributed by atoms with Gasteiger partial charge in [0.1, 0.15) is 12.4 Å². The Morgan fingerprint density at radius 3 is 2.63 bits per heavy atom. The summed E-state index contributed by atoms with van der Waals surface area (Å²) in [5.41, 5.74) is 0. The lowest BCUT2D eigenvalue weighted by atomic mass is 9.83. The van der Waals surface area contributed by atoms with Crippen molar-refractivity contribution in [1.29, 1.82) is 0 Å². The molecule has 2 aliphatic carbocycles. The van der Waals surface area contributed by atoms with Gasteiger partial charge in [-0.05, 0) is 49.7 Å². The summed E-state index contributed by atoms with van der Waals surface area (Å²) < 4.78 is 5.72. The molecule has 0 amide bonds. The van der Waals surface area contributed by atoms with E-state index >= 15 is 0 Å². The summed E-state index contributed by atoms with van der Waals surface area (Å²) in [5, 5.41) is 3.68. The van der Waals surface area contributed by atoms with Crippen LogP contribution in [0.1, 0.15) is 38.5 Å². The van der Waals surface area contributed by atoms with Crippen LogP contribution in [-0.2, 0) is 0 Å². The minimum absolute atomic E-state index is 0.735. The molecule has 0 spiro atoms. The first kappa shape index (κ1) is 13.0. The van der Waals surface area contributed by atoms with Crippen LogP contribution in [-0.4, -0.2) is 19.2 Å². The Bertz CT molecular complexity index is 374. The average Bonchev–Trinajstić information content (AvgIpc) is 3.30. The molecular weight excluding hydrogens is 234 g/mol. The standard InChI is InChI=1S/C17H25NO/c1-2-7-17(8-3-1)19-12-11-18-16-6-4-5-15(13-16)14-9-10-14/h1-3,7-8,14-16,18H,4-6,9-13H2. The predicted octanol–water partition coefficient (Wildman–Crippen LogP) is 3.62. The first-order chi connectivity index (χ1) is 9.42. The molecule has 19 heavy (non-hydrogen) atoms. The van der Waals surface area contributed by atoms with Crippen LogP contribution in [0.2, 0.25) is 0 Å². The molecule has 2 aliphatic rings. The molecule has 2 saturated carbocycles. The number of ether oxygens (including phenoxy) is 1. The Kier molecular flexibility index (Phi) is 4.39. The molecule has 1 N–H and O–H groups in total. The highest BCUT2D eigenvalue weighted by atomic mass is 16.5. The minimum atomic E-state index is 0.735. The smallest absolute Gasteiger partial charge is 0.119 e. The molecule has 1 aromatic carbocycles. The Balaban J connectivity index is 1.33. The van der Waals surface area contributed by atoms with Crippen molar-refractivity contribution in [3.05, 3.63) is 30.3 Å². The molecule has 0 bridgehead atoms. The number of nitrogens with one attached hydrogen (secondary N) is 1. The number of benzene rings is 1. The molecule has 2 unspecified atom stereocenters. The zero-order valence-electron chi connectivity index (χ0n) is 11.7. The maximum absolute atomic E-state index is 5.72. The predicted molar refractivity (Wildman–Crippen MR) is 78.4 cm³/mol. The number of para-hydroxylation sites is 1. The molecule has 0 aliphatic heterocycles. The van der Waals surface area contributed by atoms with E-state index < -0.39 is 0 Å². The van der Waals surface area contributed by atoms with E-state index in [0.717, 1.165) is 36.8 Å². The van der Waals surface area contributed by atoms with Crippen molar-refractivity contribution < 1.29 is 4.74 Å². The second-order valence-electron chi connectivity index (χ2n) is 6.08. The zero-order valence-corrected chi connectivity index (χ0v) is 11.7. The summed E-state index contributed by atoms with van der Waals surface area (Å²) in [6, 6.07) is 10.8. The average molecular weight is 259 g/mol. The third-order valence-electron chi connectivity index (χ3n) is 4.55. The van der Waals surface area contributed by atoms with Crippen molar-refractivity contribution in [2.24, 2.45) is 11.8 Å². The molecule has 0 radical (unpaired) electrons. The van der Waals surface area contributed by atoms with Crippen molar-refractivity contribution in [2.45, 2.75) is 44.6 Å². The number of hydrogen-bond donors (Lipinski definition) is 1. The molecule has 0 aromatic heterocycles. The van der Waals surface area contributed by atoms with E-state index in [9.17, 15) is 0 Å². The molecule has 0 heterocycles. The topological polar surface area (TPSA) is 21.3 Å². The quantitative estimate of drug-likeness (QED) is 0.788. The zero-order chi connectivity index (χ0) is 12.9. The van der Waals surface area contributed by atoms with Gasteiger partial charge in [-0.25, -0.2) is 0 Å². The Labute approximate surface area is 116 Å². The second kappa shape index (κ2) is 6.42. The van der Waals surface area contributed by atoms with Gasteiger partial charge in [0.15, 0.2) is 0 Å². The normalized spacial score (nSPS) is 27.2. The molecule has 2 nitrogen and oxygen atoms in total. The van der Waals surface area contributed by atoms with Crippen molar-refractivity contribution >= 4 is 0 Å². The monoisotopic (exact) mass is 259 g/mol. The summed E-state index contributed by atoms with van der Waals surface area (Å²) in [6.07, 6.45) is 8.63. The van der Waals surface area contributed by atoms with Crippen LogP contribution in [0.4, 0.5) is 0 Å². The summed E-state index contributed by atoms with van der Waals surface area (Å²) in [6.45, 7) is 1.74. The fraction of sp³-hybridized carbons (Fsp3) is 0.647. The van der Waals surface area contributed by atoms with Gasteiger partial charge in [0.05, 0.1) is 0 Å². The lowest BCUT2D eigenvalue weighted by molar-refractivity contribution is 0.243. The van der Waals surface area contributed by atoms with Gasteiger partial charge in [0, 0.05) is 12.6 Å². The molecule has 1 aromatic rings. The lowest BCUT2D eigenvalue weighted by Crippen LogP contribution is -2.37. The highest BCUT2D eigenvalue weighted by Gasteiger charge is 2.34. The molecule has 3 rings (SSSR count). The van der Waals surface area contributed by atoms with Crippen LogP contribution >= 0.6 is 0 Å². The van der Waals surface area contributed by atoms with Gasteiger partial charge in [0.25, 0.3) is 0 Å². The van der Waals surface area contributed by atoms with Crippen molar-refractivity contribution in [3.63, 3.8) is 0 Å². The summed E-state index contributed by atoms with van der Waals surface area (Å²) in [4.78, 5) is 0. The van der Waals surface area contributed by atoms with Crippen LogP contribution in [0, 0.1) is 11.8 Å².